The number of halogens is 1. The molecule has 0 spiro atoms. The molecular formula is C25H30ClN7O2. The molecule has 0 saturated heterocycles. The number of hydrogen-bond acceptors (Lipinski definition) is 5. The van der Waals surface area contributed by atoms with Crippen molar-refractivity contribution in [2.24, 2.45) is 12.8 Å². The van der Waals surface area contributed by atoms with Crippen molar-refractivity contribution in [3.63, 3.8) is 0 Å². The van der Waals surface area contributed by atoms with Gasteiger partial charge in [-0.3, -0.25) is 10.2 Å². The molecule has 0 aliphatic rings. The van der Waals surface area contributed by atoms with Crippen LogP contribution in [0.15, 0.2) is 42.5 Å². The molecule has 0 bridgehead atoms. The fourth-order valence-electron chi connectivity index (χ4n) is 4.03. The molecule has 0 aliphatic heterocycles. The van der Waals surface area contributed by atoms with Crippen LogP contribution in [0.25, 0.3) is 11.0 Å². The minimum absolute atomic E-state index is 0. The summed E-state index contributed by atoms with van der Waals surface area (Å²) < 4.78 is 4.16. The molecule has 0 amide bonds. The molecule has 0 aliphatic carbocycles. The van der Waals surface area contributed by atoms with Crippen LogP contribution < -0.4 is 11.1 Å². The maximum absolute atomic E-state index is 11.0. The molecule has 35 heavy (non-hydrogen) atoms. The van der Waals surface area contributed by atoms with E-state index in [2.05, 4.69) is 37.6 Å². The second-order valence-electron chi connectivity index (χ2n) is 8.43. The highest BCUT2D eigenvalue weighted by Gasteiger charge is 2.14. The van der Waals surface area contributed by atoms with Gasteiger partial charge in [0.25, 0.3) is 0 Å². The van der Waals surface area contributed by atoms with Crippen molar-refractivity contribution < 1.29 is 9.90 Å². The van der Waals surface area contributed by atoms with Crippen LogP contribution in [0.1, 0.15) is 40.6 Å². The zero-order valence-corrected chi connectivity index (χ0v) is 20.8. The molecule has 0 fully saturated rings. The molecule has 2 aromatic carbocycles. The van der Waals surface area contributed by atoms with E-state index >= 15 is 0 Å². The number of fused-ring (bicyclic) bond motifs is 1. The van der Waals surface area contributed by atoms with E-state index in [1.807, 2.05) is 45.2 Å². The largest absolute Gasteiger partial charge is 0.481 e. The highest BCUT2D eigenvalue weighted by Crippen LogP contribution is 2.21. The molecular weight excluding hydrogens is 466 g/mol. The van der Waals surface area contributed by atoms with Gasteiger partial charge >= 0.3 is 5.97 Å². The highest BCUT2D eigenvalue weighted by atomic mass is 35.5. The fraction of sp³-hybridized carbons (Fsp3) is 0.280. The third-order valence-corrected chi connectivity index (χ3v) is 6.12. The molecule has 0 radical (unpaired) electrons. The van der Waals surface area contributed by atoms with E-state index in [4.69, 9.17) is 21.2 Å². The van der Waals surface area contributed by atoms with E-state index in [9.17, 15) is 4.79 Å². The number of carboxylic acid groups (broad SMARTS) is 1. The average Bonchev–Trinajstić information content (AvgIpc) is 3.26. The van der Waals surface area contributed by atoms with Crippen molar-refractivity contribution >= 4 is 40.9 Å². The van der Waals surface area contributed by atoms with E-state index in [1.54, 1.807) is 0 Å². The number of anilines is 1. The number of aliphatic carboxylic acids is 1. The van der Waals surface area contributed by atoms with Gasteiger partial charge in [-0.05, 0) is 55.8 Å². The van der Waals surface area contributed by atoms with Crippen LogP contribution in [-0.2, 0) is 31.4 Å². The van der Waals surface area contributed by atoms with Crippen LogP contribution in [0.5, 0.6) is 0 Å². The van der Waals surface area contributed by atoms with E-state index in [0.29, 0.717) is 25.1 Å². The average molecular weight is 496 g/mol. The Morgan fingerprint density at radius 2 is 1.83 bits per heavy atom. The number of hydrogen-bond donors (Lipinski definition) is 4. The first-order chi connectivity index (χ1) is 16.2. The van der Waals surface area contributed by atoms with Crippen LogP contribution in [0.4, 0.5) is 5.69 Å². The van der Waals surface area contributed by atoms with Gasteiger partial charge in [-0.1, -0.05) is 6.07 Å². The van der Waals surface area contributed by atoms with Gasteiger partial charge in [0.15, 0.2) is 0 Å². The maximum Gasteiger partial charge on any atom is 0.303 e. The van der Waals surface area contributed by atoms with Crippen LogP contribution in [-0.4, -0.2) is 36.0 Å². The zero-order valence-electron chi connectivity index (χ0n) is 20.0. The maximum atomic E-state index is 11.0. The number of benzene rings is 2. The molecule has 184 valence electrons. The Balaban J connectivity index is 0.00000342. The minimum Gasteiger partial charge on any atom is -0.481 e. The summed E-state index contributed by atoms with van der Waals surface area (Å²) in [7, 11) is 2.00. The molecule has 4 aromatic rings. The lowest BCUT2D eigenvalue weighted by atomic mass is 10.2. The number of carboxylic acids is 1. The van der Waals surface area contributed by atoms with Crippen molar-refractivity contribution in [2.75, 3.05) is 5.32 Å². The van der Waals surface area contributed by atoms with Crippen molar-refractivity contribution in [1.82, 2.24) is 19.1 Å². The number of nitrogen functional groups attached to an aromatic ring is 1. The molecule has 0 atom stereocenters. The topological polar surface area (TPSA) is 135 Å². The molecule has 10 heteroatoms. The van der Waals surface area contributed by atoms with E-state index in [-0.39, 0.29) is 24.7 Å². The zero-order chi connectivity index (χ0) is 24.4. The number of imidazole rings is 2. The first kappa shape index (κ1) is 25.8. The molecule has 9 nitrogen and oxygen atoms in total. The van der Waals surface area contributed by atoms with Crippen LogP contribution >= 0.6 is 12.4 Å². The summed E-state index contributed by atoms with van der Waals surface area (Å²) in [5.41, 5.74) is 12.1. The molecule has 5 N–H and O–H groups in total. The van der Waals surface area contributed by atoms with Gasteiger partial charge < -0.3 is 25.3 Å². The number of nitrogens with one attached hydrogen (secondary N) is 2. The molecule has 2 aromatic heterocycles. The van der Waals surface area contributed by atoms with Gasteiger partial charge in [0.05, 0.1) is 29.7 Å². The van der Waals surface area contributed by atoms with Gasteiger partial charge in [-0.25, -0.2) is 9.97 Å². The minimum atomic E-state index is -0.823. The SMILES string of the molecule is Cc1nc(CCC(=O)O)n(Cc2ccc3c(c2)nc(CNc2ccc(C(=N)N)cc2)n3C)c1C.Cl. The fourth-order valence-corrected chi connectivity index (χ4v) is 4.03. The first-order valence-corrected chi connectivity index (χ1v) is 11.1. The number of amidine groups is 1. The third-order valence-electron chi connectivity index (χ3n) is 6.12. The Labute approximate surface area is 209 Å². The Bertz CT molecular complexity index is 1370. The van der Waals surface area contributed by atoms with Gasteiger partial charge in [-0.15, -0.1) is 12.4 Å². The second-order valence-corrected chi connectivity index (χ2v) is 8.43. The van der Waals surface area contributed by atoms with Crippen molar-refractivity contribution in [2.45, 2.75) is 39.8 Å². The van der Waals surface area contributed by atoms with Crippen molar-refractivity contribution in [1.29, 1.82) is 5.41 Å². The summed E-state index contributed by atoms with van der Waals surface area (Å²) in [5.74, 6) is 0.919. The number of aryl methyl sites for hydroxylation is 3. The summed E-state index contributed by atoms with van der Waals surface area (Å²) in [4.78, 5) is 20.4. The molecule has 0 saturated carbocycles. The Kier molecular flexibility index (Phi) is 7.81. The van der Waals surface area contributed by atoms with Crippen molar-refractivity contribution in [3.8, 4) is 0 Å². The summed E-state index contributed by atoms with van der Waals surface area (Å²) in [6.07, 6.45) is 0.460. The lowest BCUT2D eigenvalue weighted by molar-refractivity contribution is -0.137. The predicted molar refractivity (Wildman–Crippen MR) is 140 cm³/mol. The van der Waals surface area contributed by atoms with E-state index in [1.165, 1.54) is 0 Å². The Morgan fingerprint density at radius 1 is 1.11 bits per heavy atom. The molecule has 0 unspecified atom stereocenters. The van der Waals surface area contributed by atoms with Crippen LogP contribution in [0.2, 0.25) is 0 Å². The molecule has 2 heterocycles. The predicted octanol–water partition coefficient (Wildman–Crippen LogP) is 3.77. The number of aromatic nitrogens is 4. The van der Waals surface area contributed by atoms with E-state index in [0.717, 1.165) is 45.3 Å². The summed E-state index contributed by atoms with van der Waals surface area (Å²) in [6.45, 7) is 5.13. The number of carbonyl (C=O) groups is 1. The Morgan fingerprint density at radius 3 is 2.49 bits per heavy atom. The van der Waals surface area contributed by atoms with Gasteiger partial charge in [0, 0.05) is 37.0 Å². The number of nitrogens with zero attached hydrogens (tertiary/aromatic N) is 4. The van der Waals surface area contributed by atoms with E-state index < -0.39 is 5.97 Å². The third kappa shape index (κ3) is 5.63. The highest BCUT2D eigenvalue weighted by molar-refractivity contribution is 5.95. The monoisotopic (exact) mass is 495 g/mol. The van der Waals surface area contributed by atoms with Crippen LogP contribution in [0.3, 0.4) is 0 Å². The lowest BCUT2D eigenvalue weighted by Crippen LogP contribution is -2.11. The van der Waals surface area contributed by atoms with Gasteiger partial charge in [0.2, 0.25) is 0 Å². The number of nitrogens with two attached hydrogens (primary N) is 1. The normalized spacial score (nSPS) is 10.8. The molecule has 4 rings (SSSR count). The van der Waals surface area contributed by atoms with Crippen LogP contribution in [0, 0.1) is 19.3 Å². The lowest BCUT2D eigenvalue weighted by Gasteiger charge is -2.10. The number of rotatable bonds is 9. The van der Waals surface area contributed by atoms with Gasteiger partial charge in [-0.2, -0.15) is 0 Å². The Hall–Kier alpha value is -3.85. The van der Waals surface area contributed by atoms with Gasteiger partial charge in [0.1, 0.15) is 17.5 Å². The van der Waals surface area contributed by atoms with Crippen molar-refractivity contribution in [3.05, 3.63) is 76.6 Å². The smallest absolute Gasteiger partial charge is 0.303 e. The quantitative estimate of drug-likeness (QED) is 0.206. The standard InChI is InChI=1S/C25H29N7O2.ClH/c1-15-16(2)32(22(29-15)10-11-24(33)34)14-17-4-9-21-20(12-17)30-23(31(21)3)13-28-19-7-5-18(6-8-19)25(26)27;/h4-9,12,28H,10-11,13-14H2,1-3H3,(H3,26,27)(H,33,34);1H. The summed E-state index contributed by atoms with van der Waals surface area (Å²) in [5, 5.41) is 19.9. The summed E-state index contributed by atoms with van der Waals surface area (Å²) >= 11 is 0. The summed E-state index contributed by atoms with van der Waals surface area (Å²) in [6, 6.07) is 13.7. The first-order valence-electron chi connectivity index (χ1n) is 11.1. The second kappa shape index (κ2) is 10.6.